The molecule has 1 unspecified atom stereocenters. The maximum atomic E-state index is 12.2. The second-order valence-electron chi connectivity index (χ2n) is 6.48. The molecule has 6 nitrogen and oxygen atoms in total. The number of nitrogens with zero attached hydrogens (tertiary/aromatic N) is 1. The largest absolute Gasteiger partial charge is 0.481 e. The van der Waals surface area contributed by atoms with Crippen LogP contribution in [0.4, 0.5) is 0 Å². The molecule has 2 N–H and O–H groups in total. The van der Waals surface area contributed by atoms with Gasteiger partial charge >= 0.3 is 11.9 Å². The lowest BCUT2D eigenvalue weighted by Gasteiger charge is -2.19. The van der Waals surface area contributed by atoms with Crippen molar-refractivity contribution >= 4 is 17.8 Å². The van der Waals surface area contributed by atoms with Gasteiger partial charge in [0.1, 0.15) is 6.54 Å². The molecule has 0 radical (unpaired) electrons. The van der Waals surface area contributed by atoms with Crippen molar-refractivity contribution in [3.63, 3.8) is 0 Å². The van der Waals surface area contributed by atoms with E-state index in [-0.39, 0.29) is 6.42 Å². The fourth-order valence-corrected chi connectivity index (χ4v) is 2.65. The van der Waals surface area contributed by atoms with Crippen molar-refractivity contribution in [2.75, 3.05) is 13.6 Å². The summed E-state index contributed by atoms with van der Waals surface area (Å²) in [6, 6.07) is 0. The van der Waals surface area contributed by atoms with Crippen LogP contribution in [-0.2, 0) is 14.4 Å². The van der Waals surface area contributed by atoms with Gasteiger partial charge in [-0.2, -0.15) is 0 Å². The summed E-state index contributed by atoms with van der Waals surface area (Å²) in [5, 5.41) is 17.7. The van der Waals surface area contributed by atoms with Crippen LogP contribution in [0.5, 0.6) is 0 Å². The summed E-state index contributed by atoms with van der Waals surface area (Å²) >= 11 is 0. The van der Waals surface area contributed by atoms with E-state index in [9.17, 15) is 14.4 Å². The van der Waals surface area contributed by atoms with Crippen LogP contribution in [0, 0.1) is 5.92 Å². The third-order valence-electron chi connectivity index (χ3n) is 4.05. The van der Waals surface area contributed by atoms with Crippen LogP contribution in [0.15, 0.2) is 12.2 Å². The van der Waals surface area contributed by atoms with Gasteiger partial charge in [0, 0.05) is 7.05 Å². The van der Waals surface area contributed by atoms with E-state index in [0.29, 0.717) is 0 Å². The predicted molar refractivity (Wildman–Crippen MR) is 97.4 cm³/mol. The van der Waals surface area contributed by atoms with Crippen molar-refractivity contribution in [1.29, 1.82) is 0 Å². The smallest absolute Gasteiger partial charge is 0.323 e. The van der Waals surface area contributed by atoms with Crippen LogP contribution in [0.1, 0.15) is 71.1 Å². The summed E-state index contributed by atoms with van der Waals surface area (Å²) in [7, 11) is 1.37. The lowest BCUT2D eigenvalue weighted by molar-refractivity contribution is -0.146. The highest BCUT2D eigenvalue weighted by atomic mass is 16.4. The van der Waals surface area contributed by atoms with Gasteiger partial charge in [0.15, 0.2) is 0 Å². The van der Waals surface area contributed by atoms with Crippen LogP contribution in [0.25, 0.3) is 0 Å². The van der Waals surface area contributed by atoms with Crippen molar-refractivity contribution < 1.29 is 24.6 Å². The van der Waals surface area contributed by atoms with Gasteiger partial charge < -0.3 is 15.1 Å². The SMILES string of the molecule is CCCCCCCCCC/C=C/C(CC(=O)O)C(=O)N(C)CC(=O)O. The normalized spacial score (nSPS) is 12.2. The van der Waals surface area contributed by atoms with E-state index in [1.807, 2.05) is 6.08 Å². The van der Waals surface area contributed by atoms with Crippen LogP contribution < -0.4 is 0 Å². The Morgan fingerprint density at radius 2 is 1.48 bits per heavy atom. The van der Waals surface area contributed by atoms with E-state index in [1.165, 1.54) is 45.6 Å². The molecule has 144 valence electrons. The van der Waals surface area contributed by atoms with Crippen LogP contribution >= 0.6 is 0 Å². The van der Waals surface area contributed by atoms with Gasteiger partial charge in [-0.15, -0.1) is 0 Å². The number of allylic oxidation sites excluding steroid dienone is 1. The number of aliphatic carboxylic acids is 2. The minimum atomic E-state index is -1.12. The number of amides is 1. The van der Waals surface area contributed by atoms with Gasteiger partial charge in [-0.05, 0) is 12.8 Å². The fraction of sp³-hybridized carbons (Fsp3) is 0.737. The quantitative estimate of drug-likeness (QED) is 0.345. The second kappa shape index (κ2) is 14.5. The fourth-order valence-electron chi connectivity index (χ4n) is 2.65. The molecule has 0 saturated heterocycles. The molecule has 0 aromatic carbocycles. The number of rotatable bonds is 15. The van der Waals surface area contributed by atoms with Crippen molar-refractivity contribution in [2.24, 2.45) is 5.92 Å². The Balaban J connectivity index is 4.16. The lowest BCUT2D eigenvalue weighted by atomic mass is 10.0. The van der Waals surface area contributed by atoms with Crippen LogP contribution in [0.3, 0.4) is 0 Å². The number of likely N-dealkylation sites (N-methyl/N-ethyl adjacent to an activating group) is 1. The summed E-state index contributed by atoms with van der Waals surface area (Å²) in [5.74, 6) is -3.47. The number of hydrogen-bond donors (Lipinski definition) is 2. The maximum absolute atomic E-state index is 12.2. The second-order valence-corrected chi connectivity index (χ2v) is 6.48. The van der Waals surface area contributed by atoms with E-state index in [4.69, 9.17) is 10.2 Å². The Hall–Kier alpha value is -1.85. The minimum absolute atomic E-state index is 0.323. The molecule has 0 heterocycles. The molecule has 6 heteroatoms. The van der Waals surface area contributed by atoms with Crippen LogP contribution in [0.2, 0.25) is 0 Å². The molecule has 0 aliphatic heterocycles. The van der Waals surface area contributed by atoms with Crippen molar-refractivity contribution in [3.8, 4) is 0 Å². The summed E-state index contributed by atoms with van der Waals surface area (Å²) in [5.41, 5.74) is 0. The molecule has 1 amide bonds. The standard InChI is InChI=1S/C19H33NO5/c1-3-4-5-6-7-8-9-10-11-12-13-16(14-17(21)22)19(25)20(2)15-18(23)24/h12-13,16H,3-11,14-15H2,1-2H3,(H,21,22)(H,23,24)/b13-12+. The minimum Gasteiger partial charge on any atom is -0.481 e. The highest BCUT2D eigenvalue weighted by molar-refractivity contribution is 5.87. The molecule has 0 aromatic rings. The van der Waals surface area contributed by atoms with E-state index in [0.717, 1.165) is 24.2 Å². The topological polar surface area (TPSA) is 94.9 Å². The number of carbonyl (C=O) groups is 3. The molecule has 1 atom stereocenters. The molecule has 25 heavy (non-hydrogen) atoms. The monoisotopic (exact) mass is 355 g/mol. The predicted octanol–water partition coefficient (Wildman–Crippen LogP) is 3.71. The highest BCUT2D eigenvalue weighted by Gasteiger charge is 2.23. The lowest BCUT2D eigenvalue weighted by Crippen LogP contribution is -2.36. The molecule has 0 bridgehead atoms. The average Bonchev–Trinajstić information content (AvgIpc) is 2.53. The molecular weight excluding hydrogens is 322 g/mol. The molecule has 0 aromatic heterocycles. The summed E-state index contributed by atoms with van der Waals surface area (Å²) in [6.07, 6.45) is 13.7. The van der Waals surface area contributed by atoms with E-state index >= 15 is 0 Å². The Bertz CT molecular complexity index is 434. The first-order valence-corrected chi connectivity index (χ1v) is 9.23. The molecule has 0 aliphatic carbocycles. The molecule has 0 spiro atoms. The Kier molecular flexibility index (Phi) is 13.4. The van der Waals surface area contributed by atoms with Crippen LogP contribution in [-0.4, -0.2) is 46.6 Å². The van der Waals surface area contributed by atoms with Gasteiger partial charge in [0.05, 0.1) is 12.3 Å². The zero-order chi connectivity index (χ0) is 19.1. The molecular formula is C19H33NO5. The van der Waals surface area contributed by atoms with Gasteiger partial charge in [-0.25, -0.2) is 0 Å². The average molecular weight is 355 g/mol. The van der Waals surface area contributed by atoms with E-state index in [1.54, 1.807) is 6.08 Å². The molecule has 0 fully saturated rings. The molecule has 0 aliphatic rings. The Morgan fingerprint density at radius 1 is 0.920 bits per heavy atom. The van der Waals surface area contributed by atoms with Crippen molar-refractivity contribution in [3.05, 3.63) is 12.2 Å². The first kappa shape index (κ1) is 23.1. The Morgan fingerprint density at radius 3 is 2.00 bits per heavy atom. The van der Waals surface area contributed by atoms with Crippen molar-refractivity contribution in [1.82, 2.24) is 4.90 Å². The molecule has 0 rings (SSSR count). The van der Waals surface area contributed by atoms with Gasteiger partial charge in [-0.1, -0.05) is 64.0 Å². The first-order chi connectivity index (χ1) is 11.9. The number of carbonyl (C=O) groups excluding carboxylic acids is 1. The number of unbranched alkanes of at least 4 members (excludes halogenated alkanes) is 8. The summed E-state index contributed by atoms with van der Waals surface area (Å²) < 4.78 is 0. The van der Waals surface area contributed by atoms with E-state index < -0.39 is 30.3 Å². The first-order valence-electron chi connectivity index (χ1n) is 9.23. The summed E-state index contributed by atoms with van der Waals surface area (Å²) in [4.78, 5) is 34.8. The zero-order valence-corrected chi connectivity index (χ0v) is 15.6. The third kappa shape index (κ3) is 13.2. The van der Waals surface area contributed by atoms with Gasteiger partial charge in [0.25, 0.3) is 0 Å². The zero-order valence-electron chi connectivity index (χ0n) is 15.6. The Labute approximate surface area is 150 Å². The number of hydrogen-bond acceptors (Lipinski definition) is 3. The van der Waals surface area contributed by atoms with E-state index in [2.05, 4.69) is 6.92 Å². The summed E-state index contributed by atoms with van der Waals surface area (Å²) in [6.45, 7) is 1.77. The third-order valence-corrected chi connectivity index (χ3v) is 4.05. The van der Waals surface area contributed by atoms with Gasteiger partial charge in [0.2, 0.25) is 5.91 Å². The molecule has 0 saturated carbocycles. The highest BCUT2D eigenvalue weighted by Crippen LogP contribution is 2.13. The number of carboxylic acid groups (broad SMARTS) is 2. The maximum Gasteiger partial charge on any atom is 0.323 e. The van der Waals surface area contributed by atoms with Crippen molar-refractivity contribution in [2.45, 2.75) is 71.1 Å². The number of carboxylic acids is 2. The van der Waals surface area contributed by atoms with Gasteiger partial charge in [-0.3, -0.25) is 14.4 Å².